The lowest BCUT2D eigenvalue weighted by atomic mass is 10.1. The fourth-order valence-corrected chi connectivity index (χ4v) is 2.36. The molecule has 1 aromatic carbocycles. The predicted octanol–water partition coefficient (Wildman–Crippen LogP) is 4.41. The van der Waals surface area contributed by atoms with Crippen LogP contribution in [0.5, 0.6) is 0 Å². The van der Waals surface area contributed by atoms with Gasteiger partial charge in [-0.3, -0.25) is 0 Å². The van der Waals surface area contributed by atoms with Crippen LogP contribution in [-0.2, 0) is 11.8 Å². The molecule has 0 N–H and O–H groups in total. The standard InChI is InChI=1S/C10H6Cl4N2/c11-3-5-1-7-8(2-6(5)4-12)10(14)16-15-9(7)13/h1-2H,3-4H2. The van der Waals surface area contributed by atoms with Crippen molar-refractivity contribution in [2.24, 2.45) is 0 Å². The quantitative estimate of drug-likeness (QED) is 0.767. The second kappa shape index (κ2) is 4.92. The Labute approximate surface area is 112 Å². The van der Waals surface area contributed by atoms with Gasteiger partial charge in [0.1, 0.15) is 0 Å². The summed E-state index contributed by atoms with van der Waals surface area (Å²) in [7, 11) is 0. The minimum Gasteiger partial charge on any atom is -0.136 e. The highest BCUT2D eigenvalue weighted by molar-refractivity contribution is 6.38. The maximum atomic E-state index is 5.95. The van der Waals surface area contributed by atoms with E-state index in [0.717, 1.165) is 21.9 Å². The van der Waals surface area contributed by atoms with Crippen LogP contribution in [0.3, 0.4) is 0 Å². The van der Waals surface area contributed by atoms with Crippen LogP contribution < -0.4 is 0 Å². The summed E-state index contributed by atoms with van der Waals surface area (Å²) in [6.07, 6.45) is 0. The van der Waals surface area contributed by atoms with Gasteiger partial charge in [0.15, 0.2) is 10.3 Å². The van der Waals surface area contributed by atoms with Crippen molar-refractivity contribution in [2.75, 3.05) is 0 Å². The summed E-state index contributed by atoms with van der Waals surface area (Å²) in [5.41, 5.74) is 1.85. The first-order valence-corrected chi connectivity index (χ1v) is 6.25. The third-order valence-corrected chi connectivity index (χ3v) is 3.43. The van der Waals surface area contributed by atoms with Gasteiger partial charge in [0.2, 0.25) is 0 Å². The molecule has 84 valence electrons. The number of hydrogen-bond donors (Lipinski definition) is 0. The van der Waals surface area contributed by atoms with E-state index in [0.29, 0.717) is 22.1 Å². The Morgan fingerprint density at radius 3 is 1.50 bits per heavy atom. The van der Waals surface area contributed by atoms with Crippen molar-refractivity contribution in [3.8, 4) is 0 Å². The molecule has 0 atom stereocenters. The van der Waals surface area contributed by atoms with E-state index in [4.69, 9.17) is 46.4 Å². The van der Waals surface area contributed by atoms with E-state index in [1.165, 1.54) is 0 Å². The first-order chi connectivity index (χ1) is 7.67. The molecule has 1 heterocycles. The van der Waals surface area contributed by atoms with Gasteiger partial charge < -0.3 is 0 Å². The van der Waals surface area contributed by atoms with E-state index in [1.807, 2.05) is 12.1 Å². The summed E-state index contributed by atoms with van der Waals surface area (Å²) in [6, 6.07) is 3.70. The van der Waals surface area contributed by atoms with Crippen LogP contribution >= 0.6 is 46.4 Å². The van der Waals surface area contributed by atoms with Gasteiger partial charge in [-0.1, -0.05) is 23.2 Å². The Bertz CT molecular complexity index is 493. The molecule has 2 rings (SSSR count). The van der Waals surface area contributed by atoms with Crippen LogP contribution in [0, 0.1) is 0 Å². The highest BCUT2D eigenvalue weighted by Gasteiger charge is 2.10. The van der Waals surface area contributed by atoms with Gasteiger partial charge in [0, 0.05) is 22.5 Å². The third-order valence-electron chi connectivity index (χ3n) is 2.30. The van der Waals surface area contributed by atoms with E-state index in [-0.39, 0.29) is 0 Å². The normalized spacial score (nSPS) is 11.0. The van der Waals surface area contributed by atoms with Crippen LogP contribution in [0.2, 0.25) is 10.3 Å². The first-order valence-electron chi connectivity index (χ1n) is 4.42. The van der Waals surface area contributed by atoms with Crippen molar-refractivity contribution in [3.05, 3.63) is 33.6 Å². The zero-order valence-corrected chi connectivity index (χ0v) is 11.0. The van der Waals surface area contributed by atoms with Gasteiger partial charge in [0.05, 0.1) is 0 Å². The van der Waals surface area contributed by atoms with E-state index < -0.39 is 0 Å². The second-order valence-electron chi connectivity index (χ2n) is 3.22. The number of nitrogens with zero attached hydrogens (tertiary/aromatic N) is 2. The van der Waals surface area contributed by atoms with Gasteiger partial charge >= 0.3 is 0 Å². The molecule has 16 heavy (non-hydrogen) atoms. The summed E-state index contributed by atoms with van der Waals surface area (Å²) >= 11 is 23.6. The third kappa shape index (κ3) is 2.07. The average molecular weight is 296 g/mol. The van der Waals surface area contributed by atoms with E-state index in [2.05, 4.69) is 10.2 Å². The fourth-order valence-electron chi connectivity index (χ4n) is 1.48. The lowest BCUT2D eigenvalue weighted by molar-refractivity contribution is 1.05. The summed E-state index contributed by atoms with van der Waals surface area (Å²) in [5, 5.41) is 9.60. The Balaban J connectivity index is 2.82. The number of fused-ring (bicyclic) bond motifs is 1. The zero-order chi connectivity index (χ0) is 11.7. The molecule has 1 aromatic heterocycles. The number of rotatable bonds is 2. The molecule has 0 aliphatic rings. The van der Waals surface area contributed by atoms with Crippen molar-refractivity contribution >= 4 is 57.2 Å². The lowest BCUT2D eigenvalue weighted by Gasteiger charge is -2.08. The molecule has 0 bridgehead atoms. The highest BCUT2D eigenvalue weighted by atomic mass is 35.5. The monoisotopic (exact) mass is 294 g/mol. The molecule has 0 aliphatic heterocycles. The van der Waals surface area contributed by atoms with E-state index in [9.17, 15) is 0 Å². The largest absolute Gasteiger partial charge is 0.159 e. The summed E-state index contributed by atoms with van der Waals surface area (Å²) in [4.78, 5) is 0. The average Bonchev–Trinajstić information content (AvgIpc) is 2.32. The van der Waals surface area contributed by atoms with E-state index >= 15 is 0 Å². The SMILES string of the molecule is ClCc1cc2c(Cl)nnc(Cl)c2cc1CCl. The Kier molecular flexibility index (Phi) is 3.75. The smallest absolute Gasteiger partial charge is 0.136 e. The van der Waals surface area contributed by atoms with Gasteiger partial charge in [-0.05, 0) is 23.3 Å². The summed E-state index contributed by atoms with van der Waals surface area (Å²) in [5.74, 6) is 0.739. The number of benzene rings is 1. The molecule has 0 saturated heterocycles. The second-order valence-corrected chi connectivity index (χ2v) is 4.47. The van der Waals surface area contributed by atoms with Crippen LogP contribution in [-0.4, -0.2) is 10.2 Å². The van der Waals surface area contributed by atoms with Crippen LogP contribution in [0.15, 0.2) is 12.1 Å². The summed E-state index contributed by atoms with van der Waals surface area (Å²) in [6.45, 7) is 0. The molecule has 0 saturated carbocycles. The van der Waals surface area contributed by atoms with Crippen molar-refractivity contribution in [1.82, 2.24) is 10.2 Å². The van der Waals surface area contributed by atoms with Crippen molar-refractivity contribution < 1.29 is 0 Å². The van der Waals surface area contributed by atoms with Gasteiger partial charge in [0.25, 0.3) is 0 Å². The number of aromatic nitrogens is 2. The Hall–Kier alpha value is -0.280. The minimum absolute atomic E-state index is 0.312. The minimum atomic E-state index is 0.312. The molecule has 0 spiro atoms. The van der Waals surface area contributed by atoms with Gasteiger partial charge in [-0.25, -0.2) is 0 Å². The molecular formula is C10H6Cl4N2. The van der Waals surface area contributed by atoms with Crippen LogP contribution in [0.25, 0.3) is 10.8 Å². The maximum Gasteiger partial charge on any atom is 0.159 e. The number of hydrogen-bond acceptors (Lipinski definition) is 2. The Morgan fingerprint density at radius 1 is 0.812 bits per heavy atom. The molecule has 0 amide bonds. The molecule has 0 unspecified atom stereocenters. The molecule has 0 aliphatic carbocycles. The molecular weight excluding hydrogens is 290 g/mol. The molecule has 6 heteroatoms. The molecule has 2 nitrogen and oxygen atoms in total. The number of halogens is 4. The van der Waals surface area contributed by atoms with Crippen molar-refractivity contribution in [1.29, 1.82) is 0 Å². The highest BCUT2D eigenvalue weighted by Crippen LogP contribution is 2.30. The predicted molar refractivity (Wildman–Crippen MR) is 68.7 cm³/mol. The van der Waals surface area contributed by atoms with Crippen molar-refractivity contribution in [2.45, 2.75) is 11.8 Å². The summed E-state index contributed by atoms with van der Waals surface area (Å²) < 4.78 is 0. The van der Waals surface area contributed by atoms with Gasteiger partial charge in [-0.2, -0.15) is 0 Å². The number of alkyl halides is 2. The topological polar surface area (TPSA) is 25.8 Å². The zero-order valence-electron chi connectivity index (χ0n) is 7.98. The fraction of sp³-hybridized carbons (Fsp3) is 0.200. The lowest BCUT2D eigenvalue weighted by Crippen LogP contribution is -1.93. The molecule has 0 radical (unpaired) electrons. The molecule has 0 fully saturated rings. The maximum absolute atomic E-state index is 5.95. The van der Waals surface area contributed by atoms with Crippen molar-refractivity contribution in [3.63, 3.8) is 0 Å². The van der Waals surface area contributed by atoms with Crippen LogP contribution in [0.1, 0.15) is 11.1 Å². The Morgan fingerprint density at radius 2 is 1.19 bits per heavy atom. The van der Waals surface area contributed by atoms with Gasteiger partial charge in [-0.15, -0.1) is 33.4 Å². The van der Waals surface area contributed by atoms with E-state index in [1.54, 1.807) is 0 Å². The molecule has 2 aromatic rings. The first kappa shape index (κ1) is 12.2. The van der Waals surface area contributed by atoms with Crippen LogP contribution in [0.4, 0.5) is 0 Å².